The minimum atomic E-state index is 0.112. The van der Waals surface area contributed by atoms with E-state index in [2.05, 4.69) is 50.2 Å². The predicted molar refractivity (Wildman–Crippen MR) is 74.1 cm³/mol. The Kier molecular flexibility index (Phi) is 3.89. The van der Waals surface area contributed by atoms with Crippen molar-refractivity contribution in [2.45, 2.75) is 13.0 Å². The first-order chi connectivity index (χ1) is 7.61. The van der Waals surface area contributed by atoms with Gasteiger partial charge in [-0.25, -0.2) is 0 Å². The smallest absolute Gasteiger partial charge is 0.169 e. The van der Waals surface area contributed by atoms with Crippen molar-refractivity contribution in [2.24, 2.45) is 0 Å². The van der Waals surface area contributed by atoms with Crippen molar-refractivity contribution in [1.82, 2.24) is 5.32 Å². The van der Waals surface area contributed by atoms with Gasteiger partial charge in [0.05, 0.1) is 0 Å². The molecule has 2 nitrogen and oxygen atoms in total. The van der Waals surface area contributed by atoms with Crippen LogP contribution in [0.2, 0.25) is 0 Å². The Morgan fingerprint density at radius 1 is 1.38 bits per heavy atom. The van der Waals surface area contributed by atoms with Crippen LogP contribution in [0.4, 0.5) is 0 Å². The molecule has 2 rings (SSSR count). The average Bonchev–Trinajstić information content (AvgIpc) is 2.77. The fourth-order valence-corrected chi connectivity index (χ4v) is 3.53. The summed E-state index contributed by atoms with van der Waals surface area (Å²) in [5, 5.41) is 3.26. The van der Waals surface area contributed by atoms with Crippen LogP contribution in [0.1, 0.15) is 21.6 Å². The largest absolute Gasteiger partial charge is 0.452 e. The molecule has 0 fully saturated rings. The third kappa shape index (κ3) is 2.42. The molecular formula is C11H11Br2NOS. The van der Waals surface area contributed by atoms with Crippen LogP contribution in [0, 0.1) is 6.92 Å². The van der Waals surface area contributed by atoms with E-state index in [0.29, 0.717) is 0 Å². The Morgan fingerprint density at radius 3 is 2.56 bits per heavy atom. The van der Waals surface area contributed by atoms with Crippen molar-refractivity contribution in [3.8, 4) is 0 Å². The second-order valence-corrected chi connectivity index (χ2v) is 6.34. The summed E-state index contributed by atoms with van der Waals surface area (Å²) in [5.74, 6) is 0.920. The number of nitrogens with one attached hydrogen (secondary N) is 1. The van der Waals surface area contributed by atoms with Crippen LogP contribution in [0.25, 0.3) is 0 Å². The van der Waals surface area contributed by atoms with Crippen LogP contribution < -0.4 is 5.32 Å². The fourth-order valence-electron chi connectivity index (χ4n) is 1.53. The Bertz CT molecular complexity index is 472. The minimum absolute atomic E-state index is 0.112. The highest BCUT2D eigenvalue weighted by Crippen LogP contribution is 2.34. The molecule has 0 aromatic carbocycles. The number of thiophene rings is 1. The molecule has 0 radical (unpaired) electrons. The third-order valence-corrected chi connectivity index (χ3v) is 4.96. The van der Waals surface area contributed by atoms with Crippen molar-refractivity contribution in [2.75, 3.05) is 7.05 Å². The van der Waals surface area contributed by atoms with E-state index in [1.807, 2.05) is 19.2 Å². The van der Waals surface area contributed by atoms with Crippen molar-refractivity contribution < 1.29 is 4.42 Å². The number of hydrogen-bond donors (Lipinski definition) is 1. The highest BCUT2D eigenvalue weighted by molar-refractivity contribution is 9.10. The molecule has 0 spiro atoms. The molecule has 1 atom stereocenters. The predicted octanol–water partition coefficient (Wildman–Crippen LogP) is 4.48. The average molecular weight is 365 g/mol. The second kappa shape index (κ2) is 5.04. The van der Waals surface area contributed by atoms with Crippen molar-refractivity contribution in [3.63, 3.8) is 0 Å². The molecule has 2 aromatic heterocycles. The third-order valence-electron chi connectivity index (χ3n) is 2.33. The Labute approximate surface area is 115 Å². The van der Waals surface area contributed by atoms with Gasteiger partial charge in [-0.1, -0.05) is 0 Å². The van der Waals surface area contributed by atoms with Gasteiger partial charge in [-0.05, 0) is 64.0 Å². The van der Waals surface area contributed by atoms with E-state index in [4.69, 9.17) is 4.42 Å². The zero-order valence-electron chi connectivity index (χ0n) is 8.88. The van der Waals surface area contributed by atoms with Gasteiger partial charge in [0.25, 0.3) is 0 Å². The maximum atomic E-state index is 5.59. The quantitative estimate of drug-likeness (QED) is 0.868. The topological polar surface area (TPSA) is 25.2 Å². The summed E-state index contributed by atoms with van der Waals surface area (Å²) >= 11 is 8.62. The van der Waals surface area contributed by atoms with Crippen LogP contribution in [0.3, 0.4) is 0 Å². The molecule has 2 aromatic rings. The summed E-state index contributed by atoms with van der Waals surface area (Å²) in [4.78, 5) is 2.52. The molecule has 5 heteroatoms. The van der Waals surface area contributed by atoms with Gasteiger partial charge in [0.15, 0.2) is 4.67 Å². The summed E-state index contributed by atoms with van der Waals surface area (Å²) in [6, 6.07) is 6.14. The molecule has 86 valence electrons. The van der Waals surface area contributed by atoms with Gasteiger partial charge < -0.3 is 9.73 Å². The lowest BCUT2D eigenvalue weighted by atomic mass is 10.2. The molecule has 0 aliphatic rings. The molecule has 0 saturated heterocycles. The van der Waals surface area contributed by atoms with E-state index < -0.39 is 0 Å². The summed E-state index contributed by atoms with van der Waals surface area (Å²) < 4.78 is 7.50. The fraction of sp³-hybridized carbons (Fsp3) is 0.273. The zero-order valence-corrected chi connectivity index (χ0v) is 12.9. The van der Waals surface area contributed by atoms with E-state index in [-0.39, 0.29) is 6.04 Å². The molecule has 0 amide bonds. The van der Waals surface area contributed by atoms with Gasteiger partial charge in [-0.2, -0.15) is 0 Å². The Morgan fingerprint density at radius 2 is 2.12 bits per heavy atom. The molecule has 16 heavy (non-hydrogen) atoms. The van der Waals surface area contributed by atoms with Crippen LogP contribution in [-0.4, -0.2) is 7.05 Å². The summed E-state index contributed by atoms with van der Waals surface area (Å²) in [6.07, 6.45) is 0. The van der Waals surface area contributed by atoms with Crippen LogP contribution in [-0.2, 0) is 0 Å². The van der Waals surface area contributed by atoms with Crippen LogP contribution in [0.15, 0.2) is 31.8 Å². The maximum absolute atomic E-state index is 5.59. The molecule has 1 N–H and O–H groups in total. The Balaban J connectivity index is 2.36. The van der Waals surface area contributed by atoms with E-state index in [1.165, 1.54) is 9.75 Å². The lowest BCUT2D eigenvalue weighted by Gasteiger charge is -2.10. The van der Waals surface area contributed by atoms with Gasteiger partial charge in [-0.3, -0.25) is 0 Å². The summed E-state index contributed by atoms with van der Waals surface area (Å²) in [7, 11) is 1.93. The van der Waals surface area contributed by atoms with Gasteiger partial charge in [-0.15, -0.1) is 11.3 Å². The lowest BCUT2D eigenvalue weighted by Crippen LogP contribution is -2.15. The lowest BCUT2D eigenvalue weighted by molar-refractivity contribution is 0.449. The first kappa shape index (κ1) is 12.4. The van der Waals surface area contributed by atoms with Crippen molar-refractivity contribution in [1.29, 1.82) is 0 Å². The van der Waals surface area contributed by atoms with Gasteiger partial charge in [0.1, 0.15) is 11.8 Å². The standard InChI is InChI=1S/C11H11Br2NOS/c1-6-7(12)5-9(16-6)11(14-2)8-3-4-10(13)15-8/h3-5,11,14H,1-2H3. The molecule has 1 unspecified atom stereocenters. The molecular weight excluding hydrogens is 354 g/mol. The number of hydrogen-bond acceptors (Lipinski definition) is 3. The highest BCUT2D eigenvalue weighted by atomic mass is 79.9. The van der Waals surface area contributed by atoms with Crippen LogP contribution >= 0.6 is 43.2 Å². The number of rotatable bonds is 3. The van der Waals surface area contributed by atoms with Gasteiger partial charge in [0, 0.05) is 14.2 Å². The first-order valence-corrected chi connectivity index (χ1v) is 7.20. The normalized spacial score (nSPS) is 13.0. The molecule has 2 heterocycles. The van der Waals surface area contributed by atoms with E-state index in [0.717, 1.165) is 14.9 Å². The minimum Gasteiger partial charge on any atom is -0.452 e. The second-order valence-electron chi connectivity index (χ2n) is 3.42. The number of aryl methyl sites for hydroxylation is 1. The SMILES string of the molecule is CNC(c1ccc(Br)o1)c1cc(Br)c(C)s1. The van der Waals surface area contributed by atoms with Gasteiger partial charge in [0.2, 0.25) is 0 Å². The van der Waals surface area contributed by atoms with Crippen LogP contribution in [0.5, 0.6) is 0 Å². The maximum Gasteiger partial charge on any atom is 0.169 e. The first-order valence-electron chi connectivity index (χ1n) is 4.80. The summed E-state index contributed by atoms with van der Waals surface area (Å²) in [5.41, 5.74) is 0. The molecule has 0 aliphatic heterocycles. The van der Waals surface area contributed by atoms with E-state index in [1.54, 1.807) is 11.3 Å². The highest BCUT2D eigenvalue weighted by Gasteiger charge is 2.18. The molecule has 0 aliphatic carbocycles. The monoisotopic (exact) mass is 363 g/mol. The Hall–Kier alpha value is -0.100. The van der Waals surface area contributed by atoms with E-state index >= 15 is 0 Å². The number of furan rings is 1. The number of halogens is 2. The van der Waals surface area contributed by atoms with Gasteiger partial charge >= 0.3 is 0 Å². The zero-order chi connectivity index (χ0) is 11.7. The van der Waals surface area contributed by atoms with E-state index in [9.17, 15) is 0 Å². The molecule has 0 saturated carbocycles. The molecule has 0 bridgehead atoms. The van der Waals surface area contributed by atoms with Crippen molar-refractivity contribution >= 4 is 43.2 Å². The van der Waals surface area contributed by atoms with Crippen molar-refractivity contribution in [3.05, 3.63) is 42.9 Å². The summed E-state index contributed by atoms with van der Waals surface area (Å²) in [6.45, 7) is 2.10.